The summed E-state index contributed by atoms with van der Waals surface area (Å²) in [6.07, 6.45) is 1.01. The van der Waals surface area contributed by atoms with Gasteiger partial charge in [0.05, 0.1) is 19.8 Å². The molecular formula is C14H20O3. The quantitative estimate of drug-likeness (QED) is 0.803. The Morgan fingerprint density at radius 2 is 2.18 bits per heavy atom. The van der Waals surface area contributed by atoms with Gasteiger partial charge in [-0.2, -0.15) is 0 Å². The molecule has 94 valence electrons. The smallest absolute Gasteiger partial charge is 0.187 e. The second kappa shape index (κ2) is 5.52. The van der Waals surface area contributed by atoms with Crippen molar-refractivity contribution < 1.29 is 14.2 Å². The molecule has 1 fully saturated rings. The van der Waals surface area contributed by atoms with Gasteiger partial charge in [0.2, 0.25) is 0 Å². The zero-order chi connectivity index (χ0) is 12.3. The fourth-order valence-electron chi connectivity index (χ4n) is 2.01. The average molecular weight is 236 g/mol. The molecule has 1 heterocycles. The van der Waals surface area contributed by atoms with Gasteiger partial charge in [0.25, 0.3) is 0 Å². The highest BCUT2D eigenvalue weighted by molar-refractivity contribution is 5.34. The van der Waals surface area contributed by atoms with Gasteiger partial charge in [0.1, 0.15) is 5.75 Å². The first kappa shape index (κ1) is 12.4. The summed E-state index contributed by atoms with van der Waals surface area (Å²) in [7, 11) is 1.67. The number of ether oxygens (including phenoxy) is 3. The monoisotopic (exact) mass is 236 g/mol. The second-order valence-corrected chi connectivity index (χ2v) is 4.47. The van der Waals surface area contributed by atoms with Gasteiger partial charge in [-0.1, -0.05) is 38.5 Å². The lowest BCUT2D eigenvalue weighted by Crippen LogP contribution is -2.19. The Morgan fingerprint density at radius 1 is 1.41 bits per heavy atom. The highest BCUT2D eigenvalue weighted by Gasteiger charge is 2.31. The highest BCUT2D eigenvalue weighted by Crippen LogP contribution is 2.35. The number of para-hydroxylation sites is 1. The van der Waals surface area contributed by atoms with Crippen LogP contribution in [0.25, 0.3) is 0 Å². The molecule has 1 aliphatic heterocycles. The number of hydrogen-bond donors (Lipinski definition) is 0. The second-order valence-electron chi connectivity index (χ2n) is 4.47. The van der Waals surface area contributed by atoms with Crippen LogP contribution in [0.15, 0.2) is 24.3 Å². The Morgan fingerprint density at radius 3 is 2.88 bits per heavy atom. The molecule has 0 aromatic heterocycles. The molecule has 3 heteroatoms. The SMILES string of the molecule is CC[C@H](C)C1COC(c2ccccc2OC)O1. The van der Waals surface area contributed by atoms with E-state index >= 15 is 0 Å². The van der Waals surface area contributed by atoms with Crippen LogP contribution in [0.1, 0.15) is 32.1 Å². The van der Waals surface area contributed by atoms with Crippen molar-refractivity contribution in [3.05, 3.63) is 29.8 Å². The molecular weight excluding hydrogens is 216 g/mol. The molecule has 0 aliphatic carbocycles. The van der Waals surface area contributed by atoms with Crippen LogP contribution in [0.3, 0.4) is 0 Å². The van der Waals surface area contributed by atoms with E-state index < -0.39 is 0 Å². The first-order valence-electron chi connectivity index (χ1n) is 6.16. The van der Waals surface area contributed by atoms with Crippen LogP contribution in [-0.4, -0.2) is 19.8 Å². The molecule has 3 nitrogen and oxygen atoms in total. The van der Waals surface area contributed by atoms with Crippen molar-refractivity contribution in [1.82, 2.24) is 0 Å². The van der Waals surface area contributed by atoms with Crippen molar-refractivity contribution >= 4 is 0 Å². The largest absolute Gasteiger partial charge is 0.496 e. The van der Waals surface area contributed by atoms with Crippen LogP contribution < -0.4 is 4.74 Å². The average Bonchev–Trinajstić information content (AvgIpc) is 2.87. The maximum Gasteiger partial charge on any atom is 0.187 e. The van der Waals surface area contributed by atoms with Gasteiger partial charge in [0.15, 0.2) is 6.29 Å². The third-order valence-electron chi connectivity index (χ3n) is 3.38. The maximum absolute atomic E-state index is 5.94. The van der Waals surface area contributed by atoms with Crippen LogP contribution in [0.4, 0.5) is 0 Å². The van der Waals surface area contributed by atoms with Crippen LogP contribution in [0.5, 0.6) is 5.75 Å². The summed E-state index contributed by atoms with van der Waals surface area (Å²) in [6, 6.07) is 7.84. The Hall–Kier alpha value is -1.06. The third kappa shape index (κ3) is 2.61. The van der Waals surface area contributed by atoms with Gasteiger partial charge < -0.3 is 14.2 Å². The summed E-state index contributed by atoms with van der Waals surface area (Å²) >= 11 is 0. The van der Waals surface area contributed by atoms with Gasteiger partial charge in [-0.3, -0.25) is 0 Å². The predicted molar refractivity (Wildman–Crippen MR) is 66.0 cm³/mol. The molecule has 3 atom stereocenters. The Labute approximate surface area is 103 Å². The number of methoxy groups -OCH3 is 1. The molecule has 17 heavy (non-hydrogen) atoms. The number of benzene rings is 1. The fraction of sp³-hybridized carbons (Fsp3) is 0.571. The van der Waals surface area contributed by atoms with E-state index in [1.807, 2.05) is 24.3 Å². The number of hydrogen-bond acceptors (Lipinski definition) is 3. The first-order valence-corrected chi connectivity index (χ1v) is 6.16. The van der Waals surface area contributed by atoms with E-state index in [9.17, 15) is 0 Å². The summed E-state index contributed by atoms with van der Waals surface area (Å²) in [5.41, 5.74) is 0.973. The van der Waals surface area contributed by atoms with Gasteiger partial charge in [-0.15, -0.1) is 0 Å². The molecule has 0 spiro atoms. The Balaban J connectivity index is 2.09. The standard InChI is InChI=1S/C14H20O3/c1-4-10(2)13-9-16-14(17-13)11-7-5-6-8-12(11)15-3/h5-8,10,13-14H,4,9H2,1-3H3/t10-,13?,14?/m0/s1. The van der Waals surface area contributed by atoms with Crippen molar-refractivity contribution in [2.45, 2.75) is 32.7 Å². The predicted octanol–water partition coefficient (Wildman–Crippen LogP) is 3.16. The van der Waals surface area contributed by atoms with Gasteiger partial charge in [-0.05, 0) is 12.0 Å². The molecule has 1 aliphatic rings. The highest BCUT2D eigenvalue weighted by atomic mass is 16.7. The van der Waals surface area contributed by atoms with E-state index in [0.717, 1.165) is 17.7 Å². The number of rotatable bonds is 4. The molecule has 2 unspecified atom stereocenters. The first-order chi connectivity index (χ1) is 8.26. The topological polar surface area (TPSA) is 27.7 Å². The zero-order valence-electron chi connectivity index (χ0n) is 10.7. The minimum absolute atomic E-state index is 0.190. The van der Waals surface area contributed by atoms with E-state index in [0.29, 0.717) is 12.5 Å². The summed E-state index contributed by atoms with van der Waals surface area (Å²) in [5, 5.41) is 0. The van der Waals surface area contributed by atoms with E-state index in [2.05, 4.69) is 13.8 Å². The van der Waals surface area contributed by atoms with Crippen molar-refractivity contribution in [2.75, 3.05) is 13.7 Å². The molecule has 2 rings (SSSR count). The molecule has 0 amide bonds. The van der Waals surface area contributed by atoms with Crippen molar-refractivity contribution in [3.8, 4) is 5.75 Å². The van der Waals surface area contributed by atoms with E-state index in [4.69, 9.17) is 14.2 Å². The van der Waals surface area contributed by atoms with E-state index in [1.165, 1.54) is 0 Å². The molecule has 0 N–H and O–H groups in total. The van der Waals surface area contributed by atoms with Gasteiger partial charge in [-0.25, -0.2) is 0 Å². The Kier molecular flexibility index (Phi) is 4.02. The van der Waals surface area contributed by atoms with Gasteiger partial charge in [0, 0.05) is 5.56 Å². The fourth-order valence-corrected chi connectivity index (χ4v) is 2.01. The lowest BCUT2D eigenvalue weighted by Gasteiger charge is -2.17. The normalized spacial score (nSPS) is 25.8. The third-order valence-corrected chi connectivity index (χ3v) is 3.38. The molecule has 0 saturated carbocycles. The van der Waals surface area contributed by atoms with E-state index in [1.54, 1.807) is 7.11 Å². The summed E-state index contributed by atoms with van der Waals surface area (Å²) in [5.74, 6) is 1.34. The molecule has 1 aromatic rings. The van der Waals surface area contributed by atoms with Crippen molar-refractivity contribution in [1.29, 1.82) is 0 Å². The van der Waals surface area contributed by atoms with Crippen LogP contribution >= 0.6 is 0 Å². The van der Waals surface area contributed by atoms with Crippen LogP contribution in [0.2, 0.25) is 0 Å². The molecule has 1 aromatic carbocycles. The van der Waals surface area contributed by atoms with Crippen LogP contribution in [0, 0.1) is 5.92 Å². The Bertz CT molecular complexity index is 364. The lowest BCUT2D eigenvalue weighted by molar-refractivity contribution is -0.0696. The zero-order valence-corrected chi connectivity index (χ0v) is 10.7. The van der Waals surface area contributed by atoms with Crippen molar-refractivity contribution in [3.63, 3.8) is 0 Å². The van der Waals surface area contributed by atoms with Crippen molar-refractivity contribution in [2.24, 2.45) is 5.92 Å². The summed E-state index contributed by atoms with van der Waals surface area (Å²) < 4.78 is 17.0. The van der Waals surface area contributed by atoms with Gasteiger partial charge >= 0.3 is 0 Å². The molecule has 1 saturated heterocycles. The minimum Gasteiger partial charge on any atom is -0.496 e. The van der Waals surface area contributed by atoms with E-state index in [-0.39, 0.29) is 12.4 Å². The molecule has 0 radical (unpaired) electrons. The maximum atomic E-state index is 5.94. The van der Waals surface area contributed by atoms with Crippen LogP contribution in [-0.2, 0) is 9.47 Å². The molecule has 0 bridgehead atoms. The minimum atomic E-state index is -0.287. The lowest BCUT2D eigenvalue weighted by atomic mass is 10.0. The summed E-state index contributed by atoms with van der Waals surface area (Å²) in [4.78, 5) is 0. The summed E-state index contributed by atoms with van der Waals surface area (Å²) in [6.45, 7) is 5.03.